The van der Waals surface area contributed by atoms with Crippen molar-refractivity contribution in [3.05, 3.63) is 17.1 Å². The van der Waals surface area contributed by atoms with Gasteiger partial charge in [-0.2, -0.15) is 0 Å². The first kappa shape index (κ1) is 8.58. The monoisotopic (exact) mass is 168 g/mol. The van der Waals surface area contributed by atoms with E-state index in [9.17, 15) is 5.21 Å². The molecule has 5 nitrogen and oxygen atoms in total. The maximum atomic E-state index is 11.1. The van der Waals surface area contributed by atoms with E-state index in [4.69, 9.17) is 5.73 Å². The Balaban J connectivity index is 3.21. The normalized spacial score (nSPS) is 9.92. The topological polar surface area (TPSA) is 69.1 Å². The van der Waals surface area contributed by atoms with Gasteiger partial charge in [-0.25, -0.2) is 4.73 Å². The van der Waals surface area contributed by atoms with Crippen LogP contribution in [0.5, 0.6) is 0 Å². The minimum absolute atomic E-state index is 0.172. The number of nitrogens with zero attached hydrogens (tertiary/aromatic N) is 3. The van der Waals surface area contributed by atoms with E-state index in [0.717, 1.165) is 0 Å². The van der Waals surface area contributed by atoms with Crippen LogP contribution in [0.15, 0.2) is 6.07 Å². The molecule has 0 spiro atoms. The molecule has 5 heteroatoms. The maximum absolute atomic E-state index is 11.1. The molecule has 0 radical (unpaired) electrons. The van der Waals surface area contributed by atoms with Gasteiger partial charge in [0.25, 0.3) is 0 Å². The fourth-order valence-corrected chi connectivity index (χ4v) is 0.850. The molecule has 1 heterocycles. The summed E-state index contributed by atoms with van der Waals surface area (Å²) in [6.07, 6.45) is 0. The van der Waals surface area contributed by atoms with Crippen LogP contribution in [-0.4, -0.2) is 19.1 Å². The summed E-state index contributed by atoms with van der Waals surface area (Å²) < 4.78 is 0.604. The van der Waals surface area contributed by atoms with Crippen LogP contribution in [0.25, 0.3) is 0 Å². The van der Waals surface area contributed by atoms with Crippen LogP contribution in [-0.2, 0) is 0 Å². The Kier molecular flexibility index (Phi) is 2.03. The molecule has 66 valence electrons. The van der Waals surface area contributed by atoms with Crippen molar-refractivity contribution in [3.63, 3.8) is 0 Å². The van der Waals surface area contributed by atoms with Crippen molar-refractivity contribution in [1.29, 1.82) is 0 Å². The van der Waals surface area contributed by atoms with Gasteiger partial charge in [-0.15, -0.1) is 0 Å². The molecule has 0 amide bonds. The van der Waals surface area contributed by atoms with E-state index in [1.165, 1.54) is 0 Å². The lowest BCUT2D eigenvalue weighted by Gasteiger charge is -2.13. The van der Waals surface area contributed by atoms with Crippen LogP contribution in [0.2, 0.25) is 0 Å². The second-order valence-corrected chi connectivity index (χ2v) is 2.78. The Hall–Kier alpha value is -1.52. The first-order chi connectivity index (χ1) is 5.52. The SMILES string of the molecule is Cc1nc(N(C)C)cc(N)[n+]1[O-]. The fraction of sp³-hybridized carbons (Fsp3) is 0.429. The molecule has 0 saturated heterocycles. The number of rotatable bonds is 1. The predicted octanol–water partition coefficient (Wildman–Crippen LogP) is -0.328. The summed E-state index contributed by atoms with van der Waals surface area (Å²) in [6, 6.07) is 1.54. The third-order valence-electron chi connectivity index (χ3n) is 1.54. The number of aromatic nitrogens is 2. The number of nitrogen functional groups attached to an aromatic ring is 1. The Bertz CT molecular complexity index is 274. The first-order valence-electron chi connectivity index (χ1n) is 3.56. The number of hydrogen-bond donors (Lipinski definition) is 1. The van der Waals surface area contributed by atoms with E-state index in [0.29, 0.717) is 16.4 Å². The molecular weight excluding hydrogens is 156 g/mol. The molecule has 0 bridgehead atoms. The van der Waals surface area contributed by atoms with Crippen LogP contribution in [0.1, 0.15) is 5.82 Å². The highest BCUT2D eigenvalue weighted by Crippen LogP contribution is 2.08. The molecule has 0 aromatic carbocycles. The van der Waals surface area contributed by atoms with Crippen molar-refractivity contribution >= 4 is 11.6 Å². The zero-order valence-corrected chi connectivity index (χ0v) is 7.40. The second kappa shape index (κ2) is 2.84. The van der Waals surface area contributed by atoms with Crippen LogP contribution in [0.3, 0.4) is 0 Å². The molecule has 0 saturated carbocycles. The molecule has 1 aromatic heterocycles. The molecule has 0 fully saturated rings. The fourth-order valence-electron chi connectivity index (χ4n) is 0.850. The lowest BCUT2D eigenvalue weighted by Crippen LogP contribution is -2.35. The Labute approximate surface area is 71.0 Å². The van der Waals surface area contributed by atoms with Gasteiger partial charge in [-0.05, 0) is 0 Å². The van der Waals surface area contributed by atoms with E-state index in [1.54, 1.807) is 17.9 Å². The minimum atomic E-state index is 0.172. The summed E-state index contributed by atoms with van der Waals surface area (Å²) in [6.45, 7) is 1.62. The van der Waals surface area contributed by atoms with E-state index >= 15 is 0 Å². The highest BCUT2D eigenvalue weighted by Gasteiger charge is 2.08. The zero-order valence-electron chi connectivity index (χ0n) is 7.40. The molecule has 0 aliphatic carbocycles. The number of hydrogen-bond acceptors (Lipinski definition) is 4. The maximum Gasteiger partial charge on any atom is 0.238 e. The van der Waals surface area contributed by atoms with Gasteiger partial charge < -0.3 is 15.8 Å². The van der Waals surface area contributed by atoms with Gasteiger partial charge in [0, 0.05) is 21.0 Å². The van der Waals surface area contributed by atoms with Crippen molar-refractivity contribution in [1.82, 2.24) is 4.98 Å². The number of nitrogens with two attached hydrogens (primary N) is 1. The summed E-state index contributed by atoms with van der Waals surface area (Å²) in [5.41, 5.74) is 5.44. The highest BCUT2D eigenvalue weighted by atomic mass is 16.5. The largest absolute Gasteiger partial charge is 0.740 e. The molecule has 1 aromatic rings. The number of anilines is 2. The third-order valence-corrected chi connectivity index (χ3v) is 1.54. The van der Waals surface area contributed by atoms with E-state index in [2.05, 4.69) is 4.98 Å². The van der Waals surface area contributed by atoms with Crippen molar-refractivity contribution in [2.24, 2.45) is 0 Å². The zero-order chi connectivity index (χ0) is 9.30. The summed E-state index contributed by atoms with van der Waals surface area (Å²) in [5.74, 6) is 1.22. The van der Waals surface area contributed by atoms with Gasteiger partial charge in [0.05, 0.1) is 6.07 Å². The standard InChI is InChI=1S/C7H12N4O/c1-5-9-7(10(2)3)4-6(8)11(5)12/h4H,8H2,1-3H3. The smallest absolute Gasteiger partial charge is 0.238 e. The summed E-state index contributed by atoms with van der Waals surface area (Å²) >= 11 is 0. The Morgan fingerprint density at radius 3 is 2.58 bits per heavy atom. The van der Waals surface area contributed by atoms with Gasteiger partial charge in [0.15, 0.2) is 0 Å². The van der Waals surface area contributed by atoms with Gasteiger partial charge in [0.1, 0.15) is 0 Å². The summed E-state index contributed by atoms with van der Waals surface area (Å²) in [7, 11) is 3.69. The van der Waals surface area contributed by atoms with Gasteiger partial charge in [0.2, 0.25) is 17.5 Å². The van der Waals surface area contributed by atoms with Gasteiger partial charge >= 0.3 is 0 Å². The van der Waals surface area contributed by atoms with Gasteiger partial charge in [-0.1, -0.05) is 4.98 Å². The van der Waals surface area contributed by atoms with Crippen molar-refractivity contribution in [2.75, 3.05) is 24.7 Å². The average molecular weight is 168 g/mol. The van der Waals surface area contributed by atoms with Crippen molar-refractivity contribution < 1.29 is 4.73 Å². The first-order valence-corrected chi connectivity index (χ1v) is 3.56. The lowest BCUT2D eigenvalue weighted by molar-refractivity contribution is -0.600. The van der Waals surface area contributed by atoms with Crippen molar-refractivity contribution in [2.45, 2.75) is 6.92 Å². The van der Waals surface area contributed by atoms with Crippen LogP contribution >= 0.6 is 0 Å². The number of aryl methyl sites for hydroxylation is 1. The lowest BCUT2D eigenvalue weighted by atomic mass is 10.5. The Morgan fingerprint density at radius 2 is 2.17 bits per heavy atom. The van der Waals surface area contributed by atoms with E-state index in [-0.39, 0.29) is 5.82 Å². The van der Waals surface area contributed by atoms with E-state index < -0.39 is 0 Å². The second-order valence-electron chi connectivity index (χ2n) is 2.78. The molecule has 2 N–H and O–H groups in total. The van der Waals surface area contributed by atoms with E-state index in [1.807, 2.05) is 14.1 Å². The molecule has 1 rings (SSSR count). The van der Waals surface area contributed by atoms with Crippen molar-refractivity contribution in [3.8, 4) is 0 Å². The highest BCUT2D eigenvalue weighted by molar-refractivity contribution is 5.42. The molecule has 0 atom stereocenters. The molecular formula is C7H12N4O. The minimum Gasteiger partial charge on any atom is -0.740 e. The summed E-state index contributed by atoms with van der Waals surface area (Å²) in [5, 5.41) is 11.1. The third kappa shape index (κ3) is 1.39. The summed E-state index contributed by atoms with van der Waals surface area (Å²) in [4.78, 5) is 5.82. The van der Waals surface area contributed by atoms with Gasteiger partial charge in [-0.3, -0.25) is 0 Å². The van der Waals surface area contributed by atoms with Crippen LogP contribution in [0, 0.1) is 12.1 Å². The Morgan fingerprint density at radius 1 is 1.58 bits per heavy atom. The molecule has 0 aliphatic rings. The van der Waals surface area contributed by atoms with Crippen LogP contribution in [0.4, 0.5) is 11.6 Å². The van der Waals surface area contributed by atoms with Crippen LogP contribution < -0.4 is 15.4 Å². The molecule has 12 heavy (non-hydrogen) atoms. The quantitative estimate of drug-likeness (QED) is 0.460. The molecule has 0 aliphatic heterocycles. The average Bonchev–Trinajstić information content (AvgIpc) is 1.99. The predicted molar refractivity (Wildman–Crippen MR) is 46.7 cm³/mol. The molecule has 0 unspecified atom stereocenters.